The minimum atomic E-state index is -0.154. The molecule has 0 N–H and O–H groups in total. The van der Waals surface area contributed by atoms with Crippen molar-refractivity contribution in [1.29, 1.82) is 0 Å². The normalized spacial score (nSPS) is 11.4. The van der Waals surface area contributed by atoms with Gasteiger partial charge in [-0.15, -0.1) is 0 Å². The van der Waals surface area contributed by atoms with Gasteiger partial charge in [0.05, 0.1) is 16.7 Å². The number of ketones is 1. The number of hydrogen-bond acceptors (Lipinski definition) is 3. The van der Waals surface area contributed by atoms with Crippen molar-refractivity contribution in [3.63, 3.8) is 0 Å². The van der Waals surface area contributed by atoms with E-state index in [-0.39, 0.29) is 11.4 Å². The van der Waals surface area contributed by atoms with Crippen LogP contribution < -0.4 is 4.74 Å². The first-order valence-electron chi connectivity index (χ1n) is 5.87. The highest BCUT2D eigenvalue weighted by Crippen LogP contribution is 2.26. The first-order valence-corrected chi connectivity index (χ1v) is 6.66. The number of carbonyl (C=O) groups is 1. The Morgan fingerprint density at radius 3 is 2.44 bits per heavy atom. The van der Waals surface area contributed by atoms with E-state index in [4.69, 9.17) is 9.47 Å². The number of ether oxygens (including phenoxy) is 2. The van der Waals surface area contributed by atoms with E-state index in [0.717, 1.165) is 10.2 Å². The van der Waals surface area contributed by atoms with Crippen LogP contribution in [0, 0.1) is 0 Å². The molecule has 0 heterocycles. The van der Waals surface area contributed by atoms with E-state index in [9.17, 15) is 4.79 Å². The Hall–Kier alpha value is -0.870. The van der Waals surface area contributed by atoms with Gasteiger partial charge in [0.2, 0.25) is 0 Å². The summed E-state index contributed by atoms with van der Waals surface area (Å²) >= 11 is 3.39. The summed E-state index contributed by atoms with van der Waals surface area (Å²) in [5, 5.41) is 0. The largest absolute Gasteiger partial charge is 0.490 e. The standard InChI is InChI=1S/C14H19BrO3/c1-10(16)11-5-6-13(12(15)9-11)17-7-8-18-14(2,3)4/h5-6,9H,7-8H2,1-4H3. The maximum atomic E-state index is 11.2. The zero-order chi connectivity index (χ0) is 13.8. The van der Waals surface area contributed by atoms with Crippen LogP contribution in [0.3, 0.4) is 0 Å². The highest BCUT2D eigenvalue weighted by Gasteiger charge is 2.10. The van der Waals surface area contributed by atoms with Gasteiger partial charge in [-0.05, 0) is 61.8 Å². The molecule has 1 rings (SSSR count). The Kier molecular flexibility index (Phi) is 5.35. The molecular weight excluding hydrogens is 296 g/mol. The van der Waals surface area contributed by atoms with Crippen LogP contribution in [-0.2, 0) is 4.74 Å². The molecule has 100 valence electrons. The van der Waals surface area contributed by atoms with E-state index in [1.807, 2.05) is 20.8 Å². The van der Waals surface area contributed by atoms with Crippen molar-refractivity contribution in [2.24, 2.45) is 0 Å². The summed E-state index contributed by atoms with van der Waals surface area (Å²) in [5.41, 5.74) is 0.513. The molecule has 0 aliphatic rings. The third kappa shape index (κ3) is 5.19. The molecule has 4 heteroatoms. The Labute approximate surface area is 117 Å². The quantitative estimate of drug-likeness (QED) is 0.612. The third-order valence-electron chi connectivity index (χ3n) is 2.21. The predicted molar refractivity (Wildman–Crippen MR) is 75.3 cm³/mol. The molecule has 0 saturated heterocycles. The van der Waals surface area contributed by atoms with Crippen molar-refractivity contribution in [3.8, 4) is 5.75 Å². The van der Waals surface area contributed by atoms with E-state index in [0.29, 0.717) is 18.8 Å². The van der Waals surface area contributed by atoms with Gasteiger partial charge in [-0.25, -0.2) is 0 Å². The lowest BCUT2D eigenvalue weighted by Crippen LogP contribution is -2.22. The maximum Gasteiger partial charge on any atom is 0.159 e. The molecule has 18 heavy (non-hydrogen) atoms. The summed E-state index contributed by atoms with van der Waals surface area (Å²) < 4.78 is 11.9. The highest BCUT2D eigenvalue weighted by molar-refractivity contribution is 9.10. The van der Waals surface area contributed by atoms with Crippen LogP contribution in [0.1, 0.15) is 38.1 Å². The Morgan fingerprint density at radius 1 is 1.28 bits per heavy atom. The summed E-state index contributed by atoms with van der Waals surface area (Å²) in [5.74, 6) is 0.760. The minimum absolute atomic E-state index is 0.0401. The van der Waals surface area contributed by atoms with Gasteiger partial charge in [-0.2, -0.15) is 0 Å². The first kappa shape index (κ1) is 15.2. The molecule has 0 aliphatic carbocycles. The number of rotatable bonds is 5. The average Bonchev–Trinajstić information content (AvgIpc) is 2.24. The third-order valence-corrected chi connectivity index (χ3v) is 2.83. The molecule has 0 atom stereocenters. The molecule has 0 aliphatic heterocycles. The summed E-state index contributed by atoms with van der Waals surface area (Å²) in [4.78, 5) is 11.2. The Bertz CT molecular complexity index is 422. The van der Waals surface area contributed by atoms with Crippen molar-refractivity contribution in [2.75, 3.05) is 13.2 Å². The zero-order valence-corrected chi connectivity index (χ0v) is 12.8. The molecule has 1 aromatic rings. The molecule has 0 fully saturated rings. The van der Waals surface area contributed by atoms with Crippen LogP contribution >= 0.6 is 15.9 Å². The monoisotopic (exact) mass is 314 g/mol. The minimum Gasteiger partial charge on any atom is -0.490 e. The van der Waals surface area contributed by atoms with E-state index < -0.39 is 0 Å². The second-order valence-corrected chi connectivity index (χ2v) is 5.87. The Morgan fingerprint density at radius 2 is 1.94 bits per heavy atom. The molecule has 1 aromatic carbocycles. The predicted octanol–water partition coefficient (Wildman–Crippen LogP) is 3.85. The SMILES string of the molecule is CC(=O)c1ccc(OCCOC(C)(C)C)c(Br)c1. The van der Waals surface area contributed by atoms with E-state index in [1.165, 1.54) is 0 Å². The number of halogens is 1. The van der Waals surface area contributed by atoms with Gasteiger partial charge in [0.1, 0.15) is 12.4 Å². The van der Waals surface area contributed by atoms with Crippen molar-refractivity contribution >= 4 is 21.7 Å². The molecule has 3 nitrogen and oxygen atoms in total. The van der Waals surface area contributed by atoms with Gasteiger partial charge in [-0.3, -0.25) is 4.79 Å². The van der Waals surface area contributed by atoms with Gasteiger partial charge < -0.3 is 9.47 Å². The number of carbonyl (C=O) groups excluding carboxylic acids is 1. The van der Waals surface area contributed by atoms with Crippen molar-refractivity contribution in [2.45, 2.75) is 33.3 Å². The first-order chi connectivity index (χ1) is 8.29. The van der Waals surface area contributed by atoms with Crippen LogP contribution in [0.5, 0.6) is 5.75 Å². The molecular formula is C14H19BrO3. The fourth-order valence-corrected chi connectivity index (χ4v) is 1.83. The molecule has 0 bridgehead atoms. The number of hydrogen-bond donors (Lipinski definition) is 0. The summed E-state index contributed by atoms with van der Waals surface area (Å²) in [6, 6.07) is 5.31. The van der Waals surface area contributed by atoms with Crippen LogP contribution in [0.25, 0.3) is 0 Å². The van der Waals surface area contributed by atoms with Crippen LogP contribution in [0.2, 0.25) is 0 Å². The fourth-order valence-electron chi connectivity index (χ4n) is 1.34. The van der Waals surface area contributed by atoms with Gasteiger partial charge in [0, 0.05) is 5.56 Å². The van der Waals surface area contributed by atoms with Crippen LogP contribution in [0.4, 0.5) is 0 Å². The van der Waals surface area contributed by atoms with E-state index in [1.54, 1.807) is 25.1 Å². The smallest absolute Gasteiger partial charge is 0.159 e. The van der Waals surface area contributed by atoms with Gasteiger partial charge in [-0.1, -0.05) is 0 Å². The lowest BCUT2D eigenvalue weighted by Gasteiger charge is -2.19. The number of benzene rings is 1. The Balaban J connectivity index is 2.51. The van der Waals surface area contributed by atoms with E-state index in [2.05, 4.69) is 15.9 Å². The van der Waals surface area contributed by atoms with Gasteiger partial charge >= 0.3 is 0 Å². The molecule has 0 spiro atoms. The summed E-state index contributed by atoms with van der Waals surface area (Å²) in [6.07, 6.45) is 0. The van der Waals surface area contributed by atoms with Crippen molar-refractivity contribution in [1.82, 2.24) is 0 Å². The van der Waals surface area contributed by atoms with Crippen molar-refractivity contribution < 1.29 is 14.3 Å². The van der Waals surface area contributed by atoms with Crippen molar-refractivity contribution in [3.05, 3.63) is 28.2 Å². The lowest BCUT2D eigenvalue weighted by molar-refractivity contribution is -0.0163. The maximum absolute atomic E-state index is 11.2. The van der Waals surface area contributed by atoms with E-state index >= 15 is 0 Å². The van der Waals surface area contributed by atoms with Gasteiger partial charge in [0.25, 0.3) is 0 Å². The van der Waals surface area contributed by atoms with Crippen LogP contribution in [-0.4, -0.2) is 24.6 Å². The highest BCUT2D eigenvalue weighted by atomic mass is 79.9. The summed E-state index contributed by atoms with van der Waals surface area (Å²) in [7, 11) is 0. The molecule has 0 aromatic heterocycles. The summed E-state index contributed by atoms with van der Waals surface area (Å²) in [6.45, 7) is 8.57. The fraction of sp³-hybridized carbons (Fsp3) is 0.500. The van der Waals surface area contributed by atoms with Gasteiger partial charge in [0.15, 0.2) is 5.78 Å². The molecule has 0 saturated carbocycles. The molecule has 0 amide bonds. The zero-order valence-electron chi connectivity index (χ0n) is 11.2. The topological polar surface area (TPSA) is 35.5 Å². The molecule has 0 unspecified atom stereocenters. The number of Topliss-reactive ketones (excluding diaryl/α,β-unsaturated/α-hetero) is 1. The molecule has 0 radical (unpaired) electrons. The van der Waals surface area contributed by atoms with Crippen LogP contribution in [0.15, 0.2) is 22.7 Å². The second-order valence-electron chi connectivity index (χ2n) is 5.01. The lowest BCUT2D eigenvalue weighted by atomic mass is 10.1. The average molecular weight is 315 g/mol. The second kappa shape index (κ2) is 6.34.